The normalized spacial score (nSPS) is 18.2. The fourth-order valence-corrected chi connectivity index (χ4v) is 2.82. The van der Waals surface area contributed by atoms with Crippen LogP contribution in [0.5, 0.6) is 0 Å². The Morgan fingerprint density at radius 1 is 1.37 bits per heavy atom. The summed E-state index contributed by atoms with van der Waals surface area (Å²) in [6.45, 7) is 8.24. The third-order valence-electron chi connectivity index (χ3n) is 3.86. The minimum absolute atomic E-state index is 0.150. The lowest BCUT2D eigenvalue weighted by atomic mass is 9.84. The van der Waals surface area contributed by atoms with Gasteiger partial charge < -0.3 is 10.2 Å². The highest BCUT2D eigenvalue weighted by Gasteiger charge is 2.30. The fourth-order valence-electron chi connectivity index (χ4n) is 2.82. The molecule has 0 aromatic heterocycles. The SMILES string of the molecule is CNc1cc(C)ccc1C(=O)N1CCCC(C)(C)C1. The van der Waals surface area contributed by atoms with Crippen molar-refractivity contribution in [2.75, 3.05) is 25.5 Å². The van der Waals surface area contributed by atoms with Crippen LogP contribution >= 0.6 is 0 Å². The van der Waals surface area contributed by atoms with E-state index in [1.807, 2.05) is 37.1 Å². The molecule has 104 valence electrons. The molecule has 0 radical (unpaired) electrons. The molecule has 0 spiro atoms. The van der Waals surface area contributed by atoms with Crippen molar-refractivity contribution < 1.29 is 4.79 Å². The van der Waals surface area contributed by atoms with Gasteiger partial charge in [-0.15, -0.1) is 0 Å². The number of carbonyl (C=O) groups is 1. The monoisotopic (exact) mass is 260 g/mol. The molecular weight excluding hydrogens is 236 g/mol. The van der Waals surface area contributed by atoms with Crippen LogP contribution in [-0.2, 0) is 0 Å². The number of hydrogen-bond acceptors (Lipinski definition) is 2. The summed E-state index contributed by atoms with van der Waals surface area (Å²) >= 11 is 0. The zero-order valence-corrected chi connectivity index (χ0v) is 12.4. The molecule has 1 N–H and O–H groups in total. The molecule has 2 rings (SSSR count). The van der Waals surface area contributed by atoms with Crippen molar-refractivity contribution in [1.82, 2.24) is 4.90 Å². The van der Waals surface area contributed by atoms with Crippen LogP contribution in [0.15, 0.2) is 18.2 Å². The van der Waals surface area contributed by atoms with E-state index in [-0.39, 0.29) is 11.3 Å². The second-order valence-corrected chi connectivity index (χ2v) is 6.29. The predicted molar refractivity (Wildman–Crippen MR) is 79.6 cm³/mol. The molecule has 0 saturated carbocycles. The number of hydrogen-bond donors (Lipinski definition) is 1. The number of amides is 1. The summed E-state index contributed by atoms with van der Waals surface area (Å²) < 4.78 is 0. The fraction of sp³-hybridized carbons (Fsp3) is 0.562. The smallest absolute Gasteiger partial charge is 0.255 e. The van der Waals surface area contributed by atoms with Gasteiger partial charge in [0.1, 0.15) is 0 Å². The van der Waals surface area contributed by atoms with Gasteiger partial charge in [-0.3, -0.25) is 4.79 Å². The number of piperidine rings is 1. The Kier molecular flexibility index (Phi) is 3.83. The molecule has 3 nitrogen and oxygen atoms in total. The summed E-state index contributed by atoms with van der Waals surface area (Å²) in [5.74, 6) is 0.150. The molecule has 1 amide bonds. The maximum absolute atomic E-state index is 12.7. The van der Waals surface area contributed by atoms with Crippen molar-refractivity contribution in [2.24, 2.45) is 5.41 Å². The number of rotatable bonds is 2. The molecule has 1 aromatic carbocycles. The van der Waals surface area contributed by atoms with Crippen molar-refractivity contribution >= 4 is 11.6 Å². The second-order valence-electron chi connectivity index (χ2n) is 6.29. The Labute approximate surface area is 116 Å². The first-order chi connectivity index (χ1) is 8.93. The quantitative estimate of drug-likeness (QED) is 0.885. The van der Waals surface area contributed by atoms with E-state index in [0.717, 1.165) is 30.8 Å². The van der Waals surface area contributed by atoms with Gasteiger partial charge in [0, 0.05) is 25.8 Å². The van der Waals surface area contributed by atoms with Gasteiger partial charge in [0.25, 0.3) is 5.91 Å². The summed E-state index contributed by atoms with van der Waals surface area (Å²) in [5.41, 5.74) is 3.11. The number of carbonyl (C=O) groups excluding carboxylic acids is 1. The van der Waals surface area contributed by atoms with Crippen LogP contribution < -0.4 is 5.32 Å². The van der Waals surface area contributed by atoms with E-state index in [0.29, 0.717) is 0 Å². The highest BCUT2D eigenvalue weighted by molar-refractivity contribution is 5.99. The molecule has 0 atom stereocenters. The Balaban J connectivity index is 2.24. The standard InChI is InChI=1S/C16H24N2O/c1-12-6-7-13(14(10-12)17-4)15(19)18-9-5-8-16(2,3)11-18/h6-7,10,17H,5,8-9,11H2,1-4H3. The Morgan fingerprint density at radius 3 is 2.74 bits per heavy atom. The topological polar surface area (TPSA) is 32.3 Å². The van der Waals surface area contributed by atoms with Crippen LogP contribution in [-0.4, -0.2) is 30.9 Å². The van der Waals surface area contributed by atoms with Gasteiger partial charge in [-0.1, -0.05) is 19.9 Å². The first-order valence-corrected chi connectivity index (χ1v) is 7.01. The van der Waals surface area contributed by atoms with E-state index in [2.05, 4.69) is 19.2 Å². The minimum atomic E-state index is 0.150. The zero-order valence-electron chi connectivity index (χ0n) is 12.4. The lowest BCUT2D eigenvalue weighted by Gasteiger charge is -2.38. The van der Waals surface area contributed by atoms with Crippen LogP contribution in [0.1, 0.15) is 42.6 Å². The van der Waals surface area contributed by atoms with Gasteiger partial charge in [0.05, 0.1) is 5.56 Å². The maximum Gasteiger partial charge on any atom is 0.255 e. The van der Waals surface area contributed by atoms with Crippen LogP contribution in [0.3, 0.4) is 0 Å². The van der Waals surface area contributed by atoms with Crippen molar-refractivity contribution in [2.45, 2.75) is 33.6 Å². The van der Waals surface area contributed by atoms with Gasteiger partial charge in [-0.05, 0) is 42.9 Å². The van der Waals surface area contributed by atoms with Gasteiger partial charge >= 0.3 is 0 Å². The summed E-state index contributed by atoms with van der Waals surface area (Å²) in [5, 5.41) is 3.13. The molecule has 1 aliphatic heterocycles. The predicted octanol–water partition coefficient (Wildman–Crippen LogP) is 3.30. The summed E-state index contributed by atoms with van der Waals surface area (Å²) in [7, 11) is 1.87. The Bertz CT molecular complexity index is 480. The Hall–Kier alpha value is -1.51. The molecule has 1 fully saturated rings. The molecule has 0 aliphatic carbocycles. The zero-order chi connectivity index (χ0) is 14.0. The molecule has 0 bridgehead atoms. The van der Waals surface area contributed by atoms with Crippen molar-refractivity contribution in [3.8, 4) is 0 Å². The first-order valence-electron chi connectivity index (χ1n) is 7.01. The first kappa shape index (κ1) is 13.9. The van der Waals surface area contributed by atoms with Gasteiger partial charge in [-0.25, -0.2) is 0 Å². The van der Waals surface area contributed by atoms with Crippen LogP contribution in [0.4, 0.5) is 5.69 Å². The van der Waals surface area contributed by atoms with Crippen molar-refractivity contribution in [1.29, 1.82) is 0 Å². The largest absolute Gasteiger partial charge is 0.387 e. The molecule has 19 heavy (non-hydrogen) atoms. The van der Waals surface area contributed by atoms with Crippen LogP contribution in [0.2, 0.25) is 0 Å². The number of benzene rings is 1. The number of nitrogens with one attached hydrogen (secondary N) is 1. The molecule has 1 heterocycles. The molecule has 1 aliphatic rings. The average molecular weight is 260 g/mol. The number of anilines is 1. The van der Waals surface area contributed by atoms with Gasteiger partial charge in [0.2, 0.25) is 0 Å². The van der Waals surface area contributed by atoms with Gasteiger partial charge in [-0.2, -0.15) is 0 Å². The molecule has 1 aromatic rings. The van der Waals surface area contributed by atoms with E-state index >= 15 is 0 Å². The van der Waals surface area contributed by atoms with E-state index in [1.54, 1.807) is 0 Å². The molecular formula is C16H24N2O. The number of aryl methyl sites for hydroxylation is 1. The van der Waals surface area contributed by atoms with E-state index in [4.69, 9.17) is 0 Å². The van der Waals surface area contributed by atoms with E-state index < -0.39 is 0 Å². The molecule has 0 unspecified atom stereocenters. The summed E-state index contributed by atoms with van der Waals surface area (Å²) in [4.78, 5) is 14.7. The summed E-state index contributed by atoms with van der Waals surface area (Å²) in [6, 6.07) is 5.97. The van der Waals surface area contributed by atoms with Crippen LogP contribution in [0, 0.1) is 12.3 Å². The van der Waals surface area contributed by atoms with Crippen molar-refractivity contribution in [3.63, 3.8) is 0 Å². The van der Waals surface area contributed by atoms with E-state index in [1.165, 1.54) is 12.0 Å². The van der Waals surface area contributed by atoms with Crippen LogP contribution in [0.25, 0.3) is 0 Å². The third kappa shape index (κ3) is 3.09. The summed E-state index contributed by atoms with van der Waals surface area (Å²) in [6.07, 6.45) is 2.29. The highest BCUT2D eigenvalue weighted by Crippen LogP contribution is 2.30. The molecule has 3 heteroatoms. The average Bonchev–Trinajstić information content (AvgIpc) is 2.36. The molecule has 1 saturated heterocycles. The number of nitrogens with zero attached hydrogens (tertiary/aromatic N) is 1. The highest BCUT2D eigenvalue weighted by atomic mass is 16.2. The maximum atomic E-state index is 12.7. The Morgan fingerprint density at radius 2 is 2.11 bits per heavy atom. The lowest BCUT2D eigenvalue weighted by Crippen LogP contribution is -2.43. The van der Waals surface area contributed by atoms with Gasteiger partial charge in [0.15, 0.2) is 0 Å². The third-order valence-corrected chi connectivity index (χ3v) is 3.86. The van der Waals surface area contributed by atoms with E-state index in [9.17, 15) is 4.79 Å². The van der Waals surface area contributed by atoms with Crippen molar-refractivity contribution in [3.05, 3.63) is 29.3 Å². The lowest BCUT2D eigenvalue weighted by molar-refractivity contribution is 0.0584. The second kappa shape index (κ2) is 5.24. The number of likely N-dealkylation sites (tertiary alicyclic amines) is 1. The minimum Gasteiger partial charge on any atom is -0.387 e.